The van der Waals surface area contributed by atoms with Crippen LogP contribution in [0.2, 0.25) is 0 Å². The van der Waals surface area contributed by atoms with Crippen LogP contribution in [0.25, 0.3) is 0 Å². The summed E-state index contributed by atoms with van der Waals surface area (Å²) < 4.78 is 5.13. The molecule has 92 valence electrons. The smallest absolute Gasteiger partial charge is 0.224 e. The largest absolute Gasteiger partial charge is 0.497 e. The number of amides is 1. The van der Waals surface area contributed by atoms with E-state index in [1.165, 1.54) is 0 Å². The van der Waals surface area contributed by atoms with Gasteiger partial charge in [0.05, 0.1) is 7.11 Å². The fraction of sp³-hybridized carbons (Fsp3) is 0.462. The van der Waals surface area contributed by atoms with Crippen molar-refractivity contribution in [3.63, 3.8) is 0 Å². The van der Waals surface area contributed by atoms with Crippen molar-refractivity contribution < 1.29 is 9.53 Å². The molecular formula is C13H18N2O2. The highest BCUT2D eigenvalue weighted by Gasteiger charge is 2.20. The lowest BCUT2D eigenvalue weighted by atomic mass is 9.99. The van der Waals surface area contributed by atoms with Crippen molar-refractivity contribution >= 4 is 11.6 Å². The van der Waals surface area contributed by atoms with E-state index in [0.29, 0.717) is 12.3 Å². The number of methoxy groups -OCH3 is 1. The van der Waals surface area contributed by atoms with E-state index >= 15 is 0 Å². The van der Waals surface area contributed by atoms with E-state index in [-0.39, 0.29) is 5.91 Å². The summed E-state index contributed by atoms with van der Waals surface area (Å²) in [5.41, 5.74) is 1.88. The minimum atomic E-state index is 0.0877. The van der Waals surface area contributed by atoms with Gasteiger partial charge in [-0.25, -0.2) is 0 Å². The highest BCUT2D eigenvalue weighted by Crippen LogP contribution is 2.21. The molecule has 1 saturated heterocycles. The van der Waals surface area contributed by atoms with Gasteiger partial charge in [0.15, 0.2) is 0 Å². The summed E-state index contributed by atoms with van der Waals surface area (Å²) in [7, 11) is 1.64. The first-order chi connectivity index (χ1) is 8.19. The molecule has 2 rings (SSSR count). The van der Waals surface area contributed by atoms with Gasteiger partial charge in [0.2, 0.25) is 5.91 Å². The number of anilines is 1. The van der Waals surface area contributed by atoms with E-state index in [2.05, 4.69) is 10.6 Å². The van der Waals surface area contributed by atoms with Gasteiger partial charge in [0.25, 0.3) is 0 Å². The van der Waals surface area contributed by atoms with E-state index in [4.69, 9.17) is 4.74 Å². The maximum absolute atomic E-state index is 11.8. The molecule has 4 nitrogen and oxygen atoms in total. The fourth-order valence-corrected chi connectivity index (χ4v) is 1.86. The number of rotatable bonds is 4. The van der Waals surface area contributed by atoms with Crippen LogP contribution in [-0.4, -0.2) is 26.1 Å². The van der Waals surface area contributed by atoms with Gasteiger partial charge in [0, 0.05) is 12.1 Å². The van der Waals surface area contributed by atoms with E-state index in [1.807, 2.05) is 25.1 Å². The molecule has 2 N–H and O–H groups in total. The molecule has 17 heavy (non-hydrogen) atoms. The topological polar surface area (TPSA) is 50.4 Å². The number of nitrogens with one attached hydrogen (secondary N) is 2. The lowest BCUT2D eigenvalue weighted by Crippen LogP contribution is -2.43. The average molecular weight is 234 g/mol. The number of hydrogen-bond acceptors (Lipinski definition) is 3. The Bertz CT molecular complexity index is 414. The maximum Gasteiger partial charge on any atom is 0.224 e. The Morgan fingerprint density at radius 1 is 1.53 bits per heavy atom. The second kappa shape index (κ2) is 5.19. The highest BCUT2D eigenvalue weighted by atomic mass is 16.5. The van der Waals surface area contributed by atoms with Crippen molar-refractivity contribution in [1.29, 1.82) is 0 Å². The van der Waals surface area contributed by atoms with Gasteiger partial charge in [-0.2, -0.15) is 0 Å². The molecule has 0 aliphatic carbocycles. The molecule has 0 atom stereocenters. The number of hydrogen-bond donors (Lipinski definition) is 2. The molecule has 0 unspecified atom stereocenters. The van der Waals surface area contributed by atoms with Crippen LogP contribution < -0.4 is 15.4 Å². The zero-order chi connectivity index (χ0) is 12.3. The molecule has 0 saturated carbocycles. The minimum Gasteiger partial charge on any atom is -0.497 e. The summed E-state index contributed by atoms with van der Waals surface area (Å²) in [6, 6.07) is 5.65. The van der Waals surface area contributed by atoms with Crippen molar-refractivity contribution in [2.45, 2.75) is 13.3 Å². The number of carbonyl (C=O) groups is 1. The third-order valence-electron chi connectivity index (χ3n) is 3.05. The van der Waals surface area contributed by atoms with E-state index < -0.39 is 0 Å². The van der Waals surface area contributed by atoms with Crippen molar-refractivity contribution in [1.82, 2.24) is 5.32 Å². The quantitative estimate of drug-likeness (QED) is 0.831. The van der Waals surface area contributed by atoms with Gasteiger partial charge in [-0.1, -0.05) is 0 Å². The van der Waals surface area contributed by atoms with Crippen molar-refractivity contribution in [2.24, 2.45) is 5.92 Å². The minimum absolute atomic E-state index is 0.0877. The third kappa shape index (κ3) is 2.97. The van der Waals surface area contributed by atoms with Gasteiger partial charge < -0.3 is 15.4 Å². The molecule has 1 aromatic rings. The van der Waals surface area contributed by atoms with Crippen molar-refractivity contribution in [3.05, 3.63) is 23.8 Å². The van der Waals surface area contributed by atoms with Crippen LogP contribution in [-0.2, 0) is 4.79 Å². The molecule has 1 heterocycles. The lowest BCUT2D eigenvalue weighted by molar-refractivity contribution is -0.117. The van der Waals surface area contributed by atoms with Crippen LogP contribution in [0.1, 0.15) is 12.0 Å². The standard InChI is InChI=1S/C13H18N2O2/c1-9-5-11(17-2)3-4-12(9)15-13(16)6-10-7-14-8-10/h3-5,10,14H,6-8H2,1-2H3,(H,15,16). The molecule has 1 aliphatic rings. The Labute approximate surface area is 101 Å². The normalized spacial score (nSPS) is 15.2. The zero-order valence-corrected chi connectivity index (χ0v) is 10.2. The number of benzene rings is 1. The first-order valence-electron chi connectivity index (χ1n) is 5.84. The Kier molecular flexibility index (Phi) is 3.64. The first kappa shape index (κ1) is 11.9. The summed E-state index contributed by atoms with van der Waals surface area (Å²) in [6.45, 7) is 3.87. The van der Waals surface area contributed by atoms with Crippen LogP contribution in [0, 0.1) is 12.8 Å². The first-order valence-corrected chi connectivity index (χ1v) is 5.84. The van der Waals surface area contributed by atoms with E-state index in [9.17, 15) is 4.79 Å². The van der Waals surface area contributed by atoms with Crippen LogP contribution in [0.15, 0.2) is 18.2 Å². The molecule has 1 aromatic carbocycles. The highest BCUT2D eigenvalue weighted by molar-refractivity contribution is 5.91. The lowest BCUT2D eigenvalue weighted by Gasteiger charge is -2.26. The molecule has 4 heteroatoms. The van der Waals surface area contributed by atoms with Crippen LogP contribution >= 0.6 is 0 Å². The van der Waals surface area contributed by atoms with Crippen LogP contribution in [0.4, 0.5) is 5.69 Å². The third-order valence-corrected chi connectivity index (χ3v) is 3.05. The van der Waals surface area contributed by atoms with Crippen LogP contribution in [0.3, 0.4) is 0 Å². The predicted molar refractivity (Wildman–Crippen MR) is 67.3 cm³/mol. The molecule has 1 aliphatic heterocycles. The number of aryl methyl sites for hydroxylation is 1. The van der Waals surface area contributed by atoms with Gasteiger partial charge >= 0.3 is 0 Å². The van der Waals surface area contributed by atoms with Crippen LogP contribution in [0.5, 0.6) is 5.75 Å². The second-order valence-corrected chi connectivity index (χ2v) is 4.46. The Balaban J connectivity index is 1.95. The van der Waals surface area contributed by atoms with E-state index in [1.54, 1.807) is 7.11 Å². The maximum atomic E-state index is 11.8. The molecule has 0 spiro atoms. The SMILES string of the molecule is COc1ccc(NC(=O)CC2CNC2)c(C)c1. The van der Waals surface area contributed by atoms with Gasteiger partial charge in [-0.15, -0.1) is 0 Å². The van der Waals surface area contributed by atoms with Gasteiger partial charge in [-0.3, -0.25) is 4.79 Å². The Morgan fingerprint density at radius 2 is 2.29 bits per heavy atom. The molecule has 1 fully saturated rings. The Hall–Kier alpha value is -1.55. The number of ether oxygens (including phenoxy) is 1. The average Bonchev–Trinajstić information content (AvgIpc) is 2.26. The number of carbonyl (C=O) groups excluding carboxylic acids is 1. The van der Waals surface area contributed by atoms with Gasteiger partial charge in [0.1, 0.15) is 5.75 Å². The Morgan fingerprint density at radius 3 is 2.82 bits per heavy atom. The van der Waals surface area contributed by atoms with Crippen molar-refractivity contribution in [2.75, 3.05) is 25.5 Å². The monoisotopic (exact) mass is 234 g/mol. The zero-order valence-electron chi connectivity index (χ0n) is 10.2. The summed E-state index contributed by atoms with van der Waals surface area (Å²) in [4.78, 5) is 11.8. The molecular weight excluding hydrogens is 216 g/mol. The predicted octanol–water partition coefficient (Wildman–Crippen LogP) is 1.55. The summed E-state index contributed by atoms with van der Waals surface area (Å²) >= 11 is 0. The molecule has 1 amide bonds. The molecule has 0 bridgehead atoms. The molecule has 0 aromatic heterocycles. The summed E-state index contributed by atoms with van der Waals surface area (Å²) in [5, 5.41) is 6.10. The summed E-state index contributed by atoms with van der Waals surface area (Å²) in [5.74, 6) is 1.39. The fourth-order valence-electron chi connectivity index (χ4n) is 1.86. The van der Waals surface area contributed by atoms with Crippen molar-refractivity contribution in [3.8, 4) is 5.75 Å². The molecule has 0 radical (unpaired) electrons. The summed E-state index contributed by atoms with van der Waals surface area (Å²) in [6.07, 6.45) is 0.596. The van der Waals surface area contributed by atoms with E-state index in [0.717, 1.165) is 30.1 Å². The second-order valence-electron chi connectivity index (χ2n) is 4.46. The van der Waals surface area contributed by atoms with Gasteiger partial charge in [-0.05, 0) is 49.7 Å².